The fourth-order valence-electron chi connectivity index (χ4n) is 10.7. The van der Waals surface area contributed by atoms with Crippen LogP contribution in [0.1, 0.15) is 96.1 Å². The molecule has 13 aromatic rings. The fourth-order valence-corrected chi connectivity index (χ4v) is 13.3. The maximum absolute atomic E-state index is 10.9. The summed E-state index contributed by atoms with van der Waals surface area (Å²) < 4.78 is 96.9. The van der Waals surface area contributed by atoms with E-state index in [2.05, 4.69) is 62.4 Å². The molecule has 0 unspecified atom stereocenters. The highest BCUT2D eigenvalue weighted by Gasteiger charge is 2.53. The molecular formula is C77H71BBr2N6O19S2. The Hall–Kier alpha value is -9.80. The lowest BCUT2D eigenvalue weighted by Gasteiger charge is -2.32. The van der Waals surface area contributed by atoms with E-state index in [0.717, 1.165) is 93.0 Å². The van der Waals surface area contributed by atoms with Crippen LogP contribution in [0.3, 0.4) is 0 Å². The Morgan fingerprint density at radius 2 is 0.888 bits per heavy atom. The van der Waals surface area contributed by atoms with Crippen molar-refractivity contribution in [3.8, 4) is 44.3 Å². The van der Waals surface area contributed by atoms with Gasteiger partial charge in [0.15, 0.2) is 62.3 Å². The van der Waals surface area contributed by atoms with Gasteiger partial charge < -0.3 is 89.4 Å². The van der Waals surface area contributed by atoms with Crippen LogP contribution in [-0.4, -0.2) is 105 Å². The molecule has 13 heterocycles. The van der Waals surface area contributed by atoms with Crippen molar-refractivity contribution < 1.29 is 88.4 Å². The first kappa shape index (κ1) is 75.4. The fraction of sp³-hybridized carbons (Fsp3) is 0.247. The molecule has 25 nitrogen and oxygen atoms in total. The smallest absolute Gasteiger partial charge is 0.497 e. The summed E-state index contributed by atoms with van der Waals surface area (Å²) in [7, 11) is 2.81. The van der Waals surface area contributed by atoms with Gasteiger partial charge in [0.2, 0.25) is 18.9 Å². The Morgan fingerprint density at radius 1 is 0.467 bits per heavy atom. The standard InChI is InChI=1S/C27H23N3O5S.C25H19N3O4S.C13H19BO5.C7H7BrO3.C5H3BrO2/c1-31-19-7-5-17(6-8-19)15-34-20-4-2-3-18(13-20)30-26-25-21(28-16-29-26)14-24(36-25)22-9-10-23(35-22)27-32-11-12-33-27;1-30-18-7-5-16(6-8-18)14-31-19-4-2-3-17(11-19)28-25-24-21(26-15-27-25)12-23(33-24)22-10-9-20(13-29)32-22;1-12(2)13(3,4)19-14(18-12)10-6-5-9(17-10)11-15-7-8-16-11;8-6-2-1-5(11-6)7-9-3-4-10-7;6-5-2-1-4(3-7)8-5/h2-10,13-14,16,27H,11-12,15H2,1H3,(H,28,29,30);2-13,15H,14H2,1H3,(H,26,27,28);5-6,11H,7-8H2,1-4H3;1-2,7H,3-4H2;1-3H. The Bertz CT molecular complexity index is 5040. The van der Waals surface area contributed by atoms with Crippen LogP contribution < -0.4 is 35.2 Å². The molecule has 0 amide bonds. The second kappa shape index (κ2) is 35.3. The summed E-state index contributed by atoms with van der Waals surface area (Å²) in [6.45, 7) is 12.6. The van der Waals surface area contributed by atoms with E-state index in [1.807, 2.05) is 173 Å². The average molecular weight is 1620 g/mol. The molecule has 4 aliphatic heterocycles. The number of fused-ring (bicyclic) bond motifs is 2. The minimum Gasteiger partial charge on any atom is -0.497 e. The number of carbonyl (C=O) groups is 2. The van der Waals surface area contributed by atoms with Gasteiger partial charge in [-0.15, -0.1) is 22.7 Å². The molecule has 2 N–H and O–H groups in total. The number of aromatic nitrogens is 4. The van der Waals surface area contributed by atoms with Crippen LogP contribution in [0.15, 0.2) is 214 Å². The van der Waals surface area contributed by atoms with Crippen molar-refractivity contribution in [1.29, 1.82) is 0 Å². The van der Waals surface area contributed by atoms with Crippen LogP contribution in [0.2, 0.25) is 0 Å². The number of nitrogens with one attached hydrogen (secondary N) is 2. The highest BCUT2D eigenvalue weighted by atomic mass is 79.9. The summed E-state index contributed by atoms with van der Waals surface area (Å²) in [5.74, 6) is 8.58. The zero-order chi connectivity index (χ0) is 74.3. The molecular weight excluding hydrogens is 1550 g/mol. The van der Waals surface area contributed by atoms with Crippen LogP contribution in [0.4, 0.5) is 23.0 Å². The molecule has 30 heteroatoms. The number of methoxy groups -OCH3 is 2. The number of rotatable bonds is 20. The third kappa shape index (κ3) is 19.5. The normalized spacial score (nSPS) is 15.3. The quantitative estimate of drug-likeness (QED) is 0.0529. The number of benzene rings is 4. The molecule has 4 aromatic carbocycles. The van der Waals surface area contributed by atoms with E-state index < -0.39 is 19.7 Å². The summed E-state index contributed by atoms with van der Waals surface area (Å²) in [5.41, 5.74) is 5.36. The van der Waals surface area contributed by atoms with Crippen LogP contribution in [0.5, 0.6) is 23.0 Å². The summed E-state index contributed by atoms with van der Waals surface area (Å²) in [6, 6.07) is 52.9. The summed E-state index contributed by atoms with van der Waals surface area (Å²) in [6.07, 6.45) is 3.27. The second-order valence-corrected chi connectivity index (χ2v) is 28.3. The minimum absolute atomic E-state index is 0.290. The lowest BCUT2D eigenvalue weighted by molar-refractivity contribution is -0.0593. The summed E-state index contributed by atoms with van der Waals surface area (Å²) >= 11 is 9.31. The highest BCUT2D eigenvalue weighted by molar-refractivity contribution is 9.10. The summed E-state index contributed by atoms with van der Waals surface area (Å²) in [5, 5.41) is 6.77. The van der Waals surface area contributed by atoms with Gasteiger partial charge in [-0.1, -0.05) is 36.4 Å². The molecule has 0 aliphatic carbocycles. The van der Waals surface area contributed by atoms with Crippen molar-refractivity contribution in [1.82, 2.24) is 19.9 Å². The molecule has 0 saturated carbocycles. The molecule has 17 rings (SSSR count). The Balaban J connectivity index is 0.000000129. The zero-order valence-electron chi connectivity index (χ0n) is 58.6. The van der Waals surface area contributed by atoms with E-state index in [0.29, 0.717) is 115 Å². The number of carbonyl (C=O) groups excluding carboxylic acids is 2. The molecule has 0 radical (unpaired) electrons. The van der Waals surface area contributed by atoms with Crippen molar-refractivity contribution in [3.63, 3.8) is 0 Å². The van der Waals surface area contributed by atoms with Gasteiger partial charge in [-0.05, 0) is 192 Å². The number of anilines is 4. The van der Waals surface area contributed by atoms with Crippen molar-refractivity contribution in [2.24, 2.45) is 0 Å². The number of hydrogen-bond donors (Lipinski definition) is 2. The lowest BCUT2D eigenvalue weighted by Crippen LogP contribution is -2.41. The predicted molar refractivity (Wildman–Crippen MR) is 406 cm³/mol. The lowest BCUT2D eigenvalue weighted by atomic mass is 9.86. The number of aldehydes is 2. The SMILES string of the molecule is Brc1ccc(C2OCCO2)o1.CC1(C)OB(c2ccc(C3OCCO3)o2)OC1(C)C.COc1ccc(COc2cccc(Nc3ncnc4cc(-c5ccc(C6OCCO6)o5)sc34)c2)cc1.COc1ccc(COc2cccc(Nc3ncnc4cc(-c5ccc(C=O)o5)sc34)c2)cc1.O=Cc1ccc(Br)o1. The summed E-state index contributed by atoms with van der Waals surface area (Å²) in [4.78, 5) is 40.4. The van der Waals surface area contributed by atoms with Crippen molar-refractivity contribution in [2.45, 2.75) is 71.0 Å². The largest absolute Gasteiger partial charge is 0.532 e. The number of ether oxygens (including phenoxy) is 10. The van der Waals surface area contributed by atoms with Crippen LogP contribution >= 0.6 is 54.5 Å². The third-order valence-electron chi connectivity index (χ3n) is 16.8. The molecule has 4 fully saturated rings. The molecule has 4 aliphatic rings. The van der Waals surface area contributed by atoms with E-state index >= 15 is 0 Å². The van der Waals surface area contributed by atoms with Gasteiger partial charge in [-0.3, -0.25) is 9.59 Å². The monoisotopic (exact) mass is 1620 g/mol. The molecule has 107 heavy (non-hydrogen) atoms. The highest BCUT2D eigenvalue weighted by Crippen LogP contribution is 2.42. The molecule has 4 saturated heterocycles. The second-order valence-electron chi connectivity index (χ2n) is 24.6. The van der Waals surface area contributed by atoms with Crippen molar-refractivity contribution >= 4 is 123 Å². The molecule has 0 spiro atoms. The molecule has 0 atom stereocenters. The number of nitrogens with zero attached hydrogens (tertiary/aromatic N) is 4. The van der Waals surface area contributed by atoms with Crippen LogP contribution in [0, 0.1) is 0 Å². The van der Waals surface area contributed by atoms with Crippen molar-refractivity contribution in [2.75, 3.05) is 64.5 Å². The number of furan rings is 5. The maximum atomic E-state index is 10.9. The van der Waals surface area contributed by atoms with Gasteiger partial charge in [0.05, 0.1) is 95.3 Å². The molecule has 0 bridgehead atoms. The van der Waals surface area contributed by atoms with E-state index in [-0.39, 0.29) is 17.5 Å². The predicted octanol–water partition coefficient (Wildman–Crippen LogP) is 18.0. The van der Waals surface area contributed by atoms with E-state index in [4.69, 9.17) is 78.8 Å². The Kier molecular flexibility index (Phi) is 24.9. The topological polar surface area (TPSA) is 286 Å². The van der Waals surface area contributed by atoms with Gasteiger partial charge in [-0.2, -0.15) is 0 Å². The van der Waals surface area contributed by atoms with E-state index in [1.165, 1.54) is 17.7 Å². The van der Waals surface area contributed by atoms with Gasteiger partial charge in [0.25, 0.3) is 0 Å². The zero-order valence-corrected chi connectivity index (χ0v) is 63.4. The Labute approximate surface area is 639 Å². The Morgan fingerprint density at radius 3 is 1.33 bits per heavy atom. The third-order valence-corrected chi connectivity index (χ3v) is 19.9. The van der Waals surface area contributed by atoms with Crippen LogP contribution in [0.25, 0.3) is 41.7 Å². The number of thiophene rings is 2. The molecule has 9 aromatic heterocycles. The van der Waals surface area contributed by atoms with E-state index in [1.54, 1.807) is 56.1 Å². The van der Waals surface area contributed by atoms with Gasteiger partial charge in [-0.25, -0.2) is 19.9 Å². The van der Waals surface area contributed by atoms with Gasteiger partial charge in [0.1, 0.15) is 66.0 Å². The maximum Gasteiger partial charge on any atom is 0.532 e. The van der Waals surface area contributed by atoms with Gasteiger partial charge >= 0.3 is 7.12 Å². The first-order valence-corrected chi connectivity index (χ1v) is 36.8. The first-order valence-electron chi connectivity index (χ1n) is 33.6. The van der Waals surface area contributed by atoms with Gasteiger partial charge in [0, 0.05) is 23.5 Å². The van der Waals surface area contributed by atoms with Crippen molar-refractivity contribution in [3.05, 3.63) is 232 Å². The molecule has 552 valence electrons. The number of halogens is 2. The average Bonchev–Trinajstić information content (AvgIpc) is 1.63. The first-order chi connectivity index (χ1) is 52.0. The van der Waals surface area contributed by atoms with Crippen LogP contribution in [-0.2, 0) is 50.9 Å². The minimum atomic E-state index is -0.486. The van der Waals surface area contributed by atoms with E-state index in [9.17, 15) is 9.59 Å². The number of hydrogen-bond acceptors (Lipinski definition) is 27.